The van der Waals surface area contributed by atoms with Crippen LogP contribution in [0.25, 0.3) is 0 Å². The van der Waals surface area contributed by atoms with Crippen LogP contribution in [0.2, 0.25) is 0 Å². The van der Waals surface area contributed by atoms with Crippen LogP contribution < -0.4 is 9.47 Å². The van der Waals surface area contributed by atoms with Gasteiger partial charge in [-0.1, -0.05) is 0 Å². The summed E-state index contributed by atoms with van der Waals surface area (Å²) < 4.78 is 20.2. The molecule has 0 aromatic heterocycles. The summed E-state index contributed by atoms with van der Waals surface area (Å²) in [6.07, 6.45) is 0.918. The van der Waals surface area contributed by atoms with E-state index >= 15 is 0 Å². The second kappa shape index (κ2) is 7.92. The number of benzene rings is 1. The van der Waals surface area contributed by atoms with Gasteiger partial charge in [0.15, 0.2) is 5.78 Å². The van der Waals surface area contributed by atoms with Crippen molar-refractivity contribution in [2.75, 3.05) is 28.4 Å². The van der Waals surface area contributed by atoms with Crippen LogP contribution in [-0.2, 0) is 20.7 Å². The zero-order chi connectivity index (χ0) is 18.6. The lowest BCUT2D eigenvalue weighted by molar-refractivity contribution is -0.137. The average molecular weight is 350 g/mol. The first-order valence-electron chi connectivity index (χ1n) is 7.80. The van der Waals surface area contributed by atoms with Gasteiger partial charge in [0.05, 0.1) is 34.0 Å². The number of ether oxygens (including phenoxy) is 4. The topological polar surface area (TPSA) is 91.3 Å². The van der Waals surface area contributed by atoms with Crippen LogP contribution in [0.1, 0.15) is 28.8 Å². The molecule has 0 heterocycles. The second-order valence-corrected chi connectivity index (χ2v) is 5.64. The molecule has 1 aromatic rings. The third-order valence-electron chi connectivity index (χ3n) is 4.32. The molecule has 0 saturated carbocycles. The fourth-order valence-electron chi connectivity index (χ4n) is 3.09. The third-order valence-corrected chi connectivity index (χ3v) is 4.32. The van der Waals surface area contributed by atoms with Crippen LogP contribution in [-0.4, -0.2) is 45.3 Å². The molecule has 7 nitrogen and oxygen atoms in total. The van der Waals surface area contributed by atoms with Crippen LogP contribution in [0.4, 0.5) is 0 Å². The Balaban J connectivity index is 2.55. The molecule has 1 aliphatic carbocycles. The minimum absolute atomic E-state index is 0.0208. The van der Waals surface area contributed by atoms with E-state index in [1.807, 2.05) is 0 Å². The monoisotopic (exact) mass is 350 g/mol. The van der Waals surface area contributed by atoms with Crippen molar-refractivity contribution in [2.45, 2.75) is 19.3 Å². The molecule has 0 amide bonds. The molecule has 0 bridgehead atoms. The van der Waals surface area contributed by atoms with E-state index in [0.717, 1.165) is 0 Å². The third kappa shape index (κ3) is 3.70. The lowest BCUT2D eigenvalue weighted by Crippen LogP contribution is -2.19. The lowest BCUT2D eigenvalue weighted by Gasteiger charge is -2.18. The van der Waals surface area contributed by atoms with E-state index in [4.69, 9.17) is 18.9 Å². The highest BCUT2D eigenvalue weighted by Gasteiger charge is 2.33. The molecule has 1 unspecified atom stereocenters. The van der Waals surface area contributed by atoms with Crippen LogP contribution in [0.15, 0.2) is 23.7 Å². The Morgan fingerprint density at radius 3 is 2.40 bits per heavy atom. The van der Waals surface area contributed by atoms with Crippen molar-refractivity contribution >= 4 is 11.8 Å². The molecule has 0 radical (unpaired) electrons. The molecule has 7 heteroatoms. The Bertz CT molecular complexity index is 706. The van der Waals surface area contributed by atoms with Crippen molar-refractivity contribution in [2.24, 2.45) is 5.92 Å². The molecule has 25 heavy (non-hydrogen) atoms. The minimum Gasteiger partial charge on any atom is -0.497 e. The molecule has 1 aromatic carbocycles. The van der Waals surface area contributed by atoms with Gasteiger partial charge in [-0.25, -0.2) is 4.79 Å². The highest BCUT2D eigenvalue weighted by atomic mass is 16.6. The average Bonchev–Trinajstić information content (AvgIpc) is 2.79. The van der Waals surface area contributed by atoms with Crippen molar-refractivity contribution in [1.82, 2.24) is 0 Å². The molecule has 0 spiro atoms. The standard InChI is InChI=1S/C18H22O7/c1-22-12-8-11-7-10(16(17(20)24-3)18(21)25-4)5-6-13(19)15(11)14(9-12)23-2/h8-10,20H,5-7H2,1-4H3/b17-16-. The van der Waals surface area contributed by atoms with Gasteiger partial charge in [0.2, 0.25) is 0 Å². The number of carbonyl (C=O) groups is 2. The van der Waals surface area contributed by atoms with Gasteiger partial charge in [-0.2, -0.15) is 0 Å². The molecule has 0 saturated heterocycles. The smallest absolute Gasteiger partial charge is 0.341 e. The summed E-state index contributed by atoms with van der Waals surface area (Å²) in [5, 5.41) is 10.0. The number of aliphatic hydroxyl groups is 1. The van der Waals surface area contributed by atoms with E-state index in [2.05, 4.69) is 0 Å². The van der Waals surface area contributed by atoms with Gasteiger partial charge < -0.3 is 24.1 Å². The zero-order valence-corrected chi connectivity index (χ0v) is 14.8. The van der Waals surface area contributed by atoms with E-state index in [1.165, 1.54) is 28.4 Å². The Morgan fingerprint density at radius 2 is 1.84 bits per heavy atom. The minimum atomic E-state index is -0.685. The van der Waals surface area contributed by atoms with Crippen molar-refractivity contribution in [3.05, 3.63) is 34.8 Å². The summed E-state index contributed by atoms with van der Waals surface area (Å²) in [6.45, 7) is 0. The largest absolute Gasteiger partial charge is 0.497 e. The van der Waals surface area contributed by atoms with Gasteiger partial charge in [-0.3, -0.25) is 4.79 Å². The number of Topliss-reactive ketones (excluding diaryl/α,β-unsaturated/α-hetero) is 1. The number of aliphatic hydroxyl groups excluding tert-OH is 1. The maximum Gasteiger partial charge on any atom is 0.341 e. The maximum atomic E-state index is 12.6. The number of ketones is 1. The zero-order valence-electron chi connectivity index (χ0n) is 14.8. The molecule has 1 atom stereocenters. The van der Waals surface area contributed by atoms with Gasteiger partial charge in [-0.15, -0.1) is 0 Å². The van der Waals surface area contributed by atoms with Crippen LogP contribution in [0, 0.1) is 5.92 Å². The SMILES string of the molecule is COC(=O)/C(=C(/O)OC)C1CCC(=O)c2c(cc(OC)cc2OC)C1. The maximum absolute atomic E-state index is 12.6. The van der Waals surface area contributed by atoms with Crippen molar-refractivity contribution in [3.8, 4) is 11.5 Å². The number of methoxy groups -OCH3 is 4. The van der Waals surface area contributed by atoms with Crippen LogP contribution in [0.5, 0.6) is 11.5 Å². The molecular formula is C18H22O7. The Hall–Kier alpha value is -2.70. The fourth-order valence-corrected chi connectivity index (χ4v) is 3.09. The van der Waals surface area contributed by atoms with Gasteiger partial charge >= 0.3 is 5.97 Å². The summed E-state index contributed by atoms with van der Waals surface area (Å²) in [5.41, 5.74) is 1.19. The Labute approximate surface area is 146 Å². The quantitative estimate of drug-likeness (QED) is 0.377. The number of hydrogen-bond acceptors (Lipinski definition) is 7. The number of fused-ring (bicyclic) bond motifs is 1. The number of carbonyl (C=O) groups excluding carboxylic acids is 2. The van der Waals surface area contributed by atoms with Crippen LogP contribution >= 0.6 is 0 Å². The normalized spacial score (nSPS) is 17.8. The summed E-state index contributed by atoms with van der Waals surface area (Å²) in [4.78, 5) is 24.7. The van der Waals surface area contributed by atoms with E-state index in [0.29, 0.717) is 35.5 Å². The van der Waals surface area contributed by atoms with Gasteiger partial charge in [0.25, 0.3) is 5.95 Å². The Kier molecular flexibility index (Phi) is 5.90. The fraction of sp³-hybridized carbons (Fsp3) is 0.444. The van der Waals surface area contributed by atoms with Crippen LogP contribution in [0.3, 0.4) is 0 Å². The second-order valence-electron chi connectivity index (χ2n) is 5.64. The first-order chi connectivity index (χ1) is 12.0. The van der Waals surface area contributed by atoms with E-state index in [9.17, 15) is 14.7 Å². The van der Waals surface area contributed by atoms with Crippen molar-refractivity contribution in [1.29, 1.82) is 0 Å². The summed E-state index contributed by atoms with van der Waals surface area (Å²) in [7, 11) is 5.50. The predicted molar refractivity (Wildman–Crippen MR) is 89.0 cm³/mol. The Morgan fingerprint density at radius 1 is 1.12 bits per heavy atom. The van der Waals surface area contributed by atoms with Gasteiger partial charge in [-0.05, 0) is 24.5 Å². The molecule has 136 valence electrons. The lowest BCUT2D eigenvalue weighted by atomic mass is 9.89. The van der Waals surface area contributed by atoms with E-state index < -0.39 is 17.8 Å². The highest BCUT2D eigenvalue weighted by Crippen LogP contribution is 2.37. The molecule has 1 aliphatic rings. The van der Waals surface area contributed by atoms with E-state index in [1.54, 1.807) is 12.1 Å². The number of hydrogen-bond donors (Lipinski definition) is 1. The predicted octanol–water partition coefficient (Wildman–Crippen LogP) is 2.43. The highest BCUT2D eigenvalue weighted by molar-refractivity contribution is 6.01. The van der Waals surface area contributed by atoms with Crippen molar-refractivity contribution < 1.29 is 33.6 Å². The molecule has 1 N–H and O–H groups in total. The van der Waals surface area contributed by atoms with Gasteiger partial charge in [0.1, 0.15) is 17.1 Å². The van der Waals surface area contributed by atoms with Crippen molar-refractivity contribution in [3.63, 3.8) is 0 Å². The first-order valence-corrected chi connectivity index (χ1v) is 7.80. The summed E-state index contributed by atoms with van der Waals surface area (Å²) in [5.74, 6) is -0.728. The van der Waals surface area contributed by atoms with E-state index in [-0.39, 0.29) is 17.8 Å². The number of esters is 1. The molecule has 2 rings (SSSR count). The first kappa shape index (κ1) is 18.6. The summed E-state index contributed by atoms with van der Waals surface area (Å²) in [6, 6.07) is 3.40. The molecular weight excluding hydrogens is 328 g/mol. The molecule has 0 aliphatic heterocycles. The number of rotatable bonds is 5. The summed E-state index contributed by atoms with van der Waals surface area (Å²) >= 11 is 0. The van der Waals surface area contributed by atoms with Gasteiger partial charge in [0, 0.05) is 18.4 Å². The molecule has 0 fully saturated rings.